The third-order valence-corrected chi connectivity index (χ3v) is 2.01. The van der Waals surface area contributed by atoms with Gasteiger partial charge in [-0.25, -0.2) is 4.39 Å². The standard InChI is InChI=1S/C11H18FN3O/c1-11(2,3)16-7-10(15-13)8-4-9(12)6-14-5-8/h4-6,10,15H,7,13H2,1-3H3. The molecule has 16 heavy (non-hydrogen) atoms. The first-order valence-electron chi connectivity index (χ1n) is 5.13. The van der Waals surface area contributed by atoms with Crippen molar-refractivity contribution >= 4 is 0 Å². The van der Waals surface area contributed by atoms with E-state index in [1.807, 2.05) is 20.8 Å². The second kappa shape index (κ2) is 5.34. The van der Waals surface area contributed by atoms with Gasteiger partial charge in [0.05, 0.1) is 24.4 Å². The van der Waals surface area contributed by atoms with E-state index in [2.05, 4.69) is 10.4 Å². The van der Waals surface area contributed by atoms with Gasteiger partial charge in [0, 0.05) is 6.20 Å². The second-order valence-electron chi connectivity index (χ2n) is 4.58. The smallest absolute Gasteiger partial charge is 0.141 e. The minimum Gasteiger partial charge on any atom is -0.374 e. The first kappa shape index (κ1) is 13.0. The van der Waals surface area contributed by atoms with Gasteiger partial charge in [-0.15, -0.1) is 0 Å². The van der Waals surface area contributed by atoms with Gasteiger partial charge >= 0.3 is 0 Å². The third kappa shape index (κ3) is 4.22. The molecule has 1 heterocycles. The van der Waals surface area contributed by atoms with Crippen LogP contribution in [0.1, 0.15) is 32.4 Å². The topological polar surface area (TPSA) is 60.2 Å². The van der Waals surface area contributed by atoms with Gasteiger partial charge in [0.25, 0.3) is 0 Å². The highest BCUT2D eigenvalue weighted by atomic mass is 19.1. The fourth-order valence-electron chi connectivity index (χ4n) is 1.19. The summed E-state index contributed by atoms with van der Waals surface area (Å²) >= 11 is 0. The maximum atomic E-state index is 13.0. The van der Waals surface area contributed by atoms with Crippen LogP contribution in [0.4, 0.5) is 4.39 Å². The highest BCUT2D eigenvalue weighted by Crippen LogP contribution is 2.16. The predicted octanol–water partition coefficient (Wildman–Crippen LogP) is 1.54. The van der Waals surface area contributed by atoms with Gasteiger partial charge in [-0.3, -0.25) is 16.3 Å². The molecule has 1 aromatic heterocycles. The molecule has 0 radical (unpaired) electrons. The van der Waals surface area contributed by atoms with Crippen LogP contribution in [0, 0.1) is 5.82 Å². The van der Waals surface area contributed by atoms with E-state index >= 15 is 0 Å². The third-order valence-electron chi connectivity index (χ3n) is 2.01. The molecule has 0 aliphatic rings. The van der Waals surface area contributed by atoms with Crippen molar-refractivity contribution in [3.8, 4) is 0 Å². The van der Waals surface area contributed by atoms with Gasteiger partial charge in [0.1, 0.15) is 5.82 Å². The van der Waals surface area contributed by atoms with E-state index in [-0.39, 0.29) is 17.5 Å². The average molecular weight is 227 g/mol. The van der Waals surface area contributed by atoms with Gasteiger partial charge in [-0.2, -0.15) is 0 Å². The average Bonchev–Trinajstić information content (AvgIpc) is 2.17. The lowest BCUT2D eigenvalue weighted by Crippen LogP contribution is -2.34. The molecule has 1 unspecified atom stereocenters. The lowest BCUT2D eigenvalue weighted by Gasteiger charge is -2.24. The zero-order valence-electron chi connectivity index (χ0n) is 9.83. The Morgan fingerprint density at radius 3 is 2.69 bits per heavy atom. The Hall–Kier alpha value is -1.04. The zero-order chi connectivity index (χ0) is 12.2. The number of halogens is 1. The van der Waals surface area contributed by atoms with Crippen molar-refractivity contribution in [1.29, 1.82) is 0 Å². The second-order valence-corrected chi connectivity index (χ2v) is 4.58. The summed E-state index contributed by atoms with van der Waals surface area (Å²) in [7, 11) is 0. The van der Waals surface area contributed by atoms with Crippen LogP contribution in [0.5, 0.6) is 0 Å². The van der Waals surface area contributed by atoms with Crippen LogP contribution in [0.15, 0.2) is 18.5 Å². The van der Waals surface area contributed by atoms with Crippen LogP contribution in [-0.2, 0) is 4.74 Å². The molecule has 0 saturated carbocycles. The molecule has 0 aromatic carbocycles. The first-order valence-corrected chi connectivity index (χ1v) is 5.13. The van der Waals surface area contributed by atoms with E-state index in [1.165, 1.54) is 6.07 Å². The Bertz CT molecular complexity index is 338. The Morgan fingerprint density at radius 1 is 1.50 bits per heavy atom. The highest BCUT2D eigenvalue weighted by Gasteiger charge is 2.16. The summed E-state index contributed by atoms with van der Waals surface area (Å²) in [5.41, 5.74) is 3.01. The summed E-state index contributed by atoms with van der Waals surface area (Å²) < 4.78 is 18.6. The molecule has 0 aliphatic carbocycles. The van der Waals surface area contributed by atoms with Crippen LogP contribution >= 0.6 is 0 Å². The molecule has 0 amide bonds. The van der Waals surface area contributed by atoms with Crippen molar-refractivity contribution in [1.82, 2.24) is 10.4 Å². The first-order chi connectivity index (χ1) is 7.42. The molecular formula is C11H18FN3O. The Morgan fingerprint density at radius 2 is 2.19 bits per heavy atom. The maximum absolute atomic E-state index is 13.0. The Labute approximate surface area is 95.0 Å². The fraction of sp³-hybridized carbons (Fsp3) is 0.545. The van der Waals surface area contributed by atoms with Crippen molar-refractivity contribution in [2.75, 3.05) is 6.61 Å². The van der Waals surface area contributed by atoms with Crippen molar-refractivity contribution in [3.63, 3.8) is 0 Å². The quantitative estimate of drug-likeness (QED) is 0.605. The van der Waals surface area contributed by atoms with E-state index in [1.54, 1.807) is 6.20 Å². The highest BCUT2D eigenvalue weighted by molar-refractivity contribution is 5.14. The van der Waals surface area contributed by atoms with Gasteiger partial charge < -0.3 is 4.74 Å². The van der Waals surface area contributed by atoms with E-state index in [9.17, 15) is 4.39 Å². The van der Waals surface area contributed by atoms with Crippen molar-refractivity contribution < 1.29 is 9.13 Å². The molecule has 90 valence electrons. The number of hydrazine groups is 1. The summed E-state index contributed by atoms with van der Waals surface area (Å²) in [4.78, 5) is 3.77. The molecule has 3 N–H and O–H groups in total. The van der Waals surface area contributed by atoms with Gasteiger partial charge in [0.15, 0.2) is 0 Å². The van der Waals surface area contributed by atoms with E-state index in [0.29, 0.717) is 12.2 Å². The molecule has 4 nitrogen and oxygen atoms in total. The number of nitrogens with two attached hydrogens (primary N) is 1. The van der Waals surface area contributed by atoms with Gasteiger partial charge in [-0.05, 0) is 32.4 Å². The number of hydrogen-bond donors (Lipinski definition) is 2. The lowest BCUT2D eigenvalue weighted by molar-refractivity contribution is -0.0148. The minimum absolute atomic E-state index is 0.254. The predicted molar refractivity (Wildman–Crippen MR) is 60.0 cm³/mol. The zero-order valence-corrected chi connectivity index (χ0v) is 9.83. The molecule has 0 aliphatic heterocycles. The largest absolute Gasteiger partial charge is 0.374 e. The summed E-state index contributed by atoms with van der Waals surface area (Å²) in [5.74, 6) is 5.02. The number of nitrogens with one attached hydrogen (secondary N) is 1. The van der Waals surface area contributed by atoms with Crippen molar-refractivity contribution in [2.24, 2.45) is 5.84 Å². The molecule has 0 fully saturated rings. The van der Waals surface area contributed by atoms with Crippen molar-refractivity contribution in [2.45, 2.75) is 32.4 Å². The number of nitrogens with zero attached hydrogens (tertiary/aromatic N) is 1. The molecule has 1 aromatic rings. The Kier molecular flexibility index (Phi) is 4.35. The molecule has 0 spiro atoms. The van der Waals surface area contributed by atoms with Crippen LogP contribution in [0.25, 0.3) is 0 Å². The molecule has 1 atom stereocenters. The van der Waals surface area contributed by atoms with E-state index in [4.69, 9.17) is 10.6 Å². The fourth-order valence-corrected chi connectivity index (χ4v) is 1.19. The van der Waals surface area contributed by atoms with Crippen molar-refractivity contribution in [3.05, 3.63) is 29.8 Å². The normalized spacial score (nSPS) is 13.8. The van der Waals surface area contributed by atoms with Gasteiger partial charge in [-0.1, -0.05) is 0 Å². The number of hydrogen-bond acceptors (Lipinski definition) is 4. The lowest BCUT2D eigenvalue weighted by atomic mass is 10.1. The molecular weight excluding hydrogens is 209 g/mol. The van der Waals surface area contributed by atoms with Crippen LogP contribution in [0.2, 0.25) is 0 Å². The number of aromatic nitrogens is 1. The molecule has 0 saturated heterocycles. The van der Waals surface area contributed by atoms with E-state index < -0.39 is 0 Å². The minimum atomic E-state index is -0.381. The summed E-state index contributed by atoms with van der Waals surface area (Å²) in [5, 5.41) is 0. The number of ether oxygens (including phenoxy) is 1. The Balaban J connectivity index is 2.68. The maximum Gasteiger partial charge on any atom is 0.141 e. The molecule has 1 rings (SSSR count). The van der Waals surface area contributed by atoms with Crippen LogP contribution in [-0.4, -0.2) is 17.2 Å². The van der Waals surface area contributed by atoms with Crippen LogP contribution in [0.3, 0.4) is 0 Å². The van der Waals surface area contributed by atoms with E-state index in [0.717, 1.165) is 6.20 Å². The number of pyridine rings is 1. The van der Waals surface area contributed by atoms with Gasteiger partial charge in [0.2, 0.25) is 0 Å². The summed E-state index contributed by atoms with van der Waals surface area (Å²) in [6.07, 6.45) is 2.72. The van der Waals surface area contributed by atoms with Crippen LogP contribution < -0.4 is 11.3 Å². The monoisotopic (exact) mass is 227 g/mol. The SMILES string of the molecule is CC(C)(C)OCC(NN)c1cncc(F)c1. The number of rotatable bonds is 4. The molecule has 0 bridgehead atoms. The molecule has 5 heteroatoms. The summed E-state index contributed by atoms with van der Waals surface area (Å²) in [6.45, 7) is 6.21. The summed E-state index contributed by atoms with van der Waals surface area (Å²) in [6, 6.07) is 1.13.